The first kappa shape index (κ1) is 20.9. The van der Waals surface area contributed by atoms with Gasteiger partial charge in [0.1, 0.15) is 0 Å². The maximum absolute atomic E-state index is 12.9. The standard InChI is InChI=1S/C20H14Cl2N4O2S2/c1-11-23-18(28-26-11)10-29-17-5-3-2-4-14(17)19(27)25-20-24-16(9-30-20)13-7-6-12(21)8-15(13)22/h2-9H,10H2,1H3,(H,24,25,27). The number of thioether (sulfide) groups is 1. The highest BCUT2D eigenvalue weighted by atomic mass is 35.5. The Labute approximate surface area is 190 Å². The topological polar surface area (TPSA) is 80.9 Å². The SMILES string of the molecule is Cc1noc(CSc2ccccc2C(=O)Nc2nc(-c3ccc(Cl)cc3Cl)cs2)n1. The van der Waals surface area contributed by atoms with Crippen LogP contribution in [0.3, 0.4) is 0 Å². The normalized spacial score (nSPS) is 10.9. The lowest BCUT2D eigenvalue weighted by Crippen LogP contribution is -2.12. The van der Waals surface area contributed by atoms with Crippen molar-refractivity contribution in [3.05, 3.63) is 75.2 Å². The van der Waals surface area contributed by atoms with Crippen LogP contribution in [0.5, 0.6) is 0 Å². The molecule has 0 unspecified atom stereocenters. The largest absolute Gasteiger partial charge is 0.338 e. The van der Waals surface area contributed by atoms with Gasteiger partial charge in [-0.15, -0.1) is 23.1 Å². The second-order valence-corrected chi connectivity index (χ2v) is 8.86. The molecule has 4 aromatic rings. The van der Waals surface area contributed by atoms with Crippen LogP contribution in [0.25, 0.3) is 11.3 Å². The van der Waals surface area contributed by atoms with Crippen LogP contribution >= 0.6 is 46.3 Å². The van der Waals surface area contributed by atoms with Crippen molar-refractivity contribution < 1.29 is 9.32 Å². The Hall–Kier alpha value is -2.39. The van der Waals surface area contributed by atoms with E-state index in [0.29, 0.717) is 43.9 Å². The van der Waals surface area contributed by atoms with Crippen molar-refractivity contribution in [2.45, 2.75) is 17.6 Å². The monoisotopic (exact) mass is 476 g/mol. The molecule has 2 aromatic carbocycles. The number of amides is 1. The molecule has 0 aliphatic heterocycles. The number of aromatic nitrogens is 3. The van der Waals surface area contributed by atoms with Gasteiger partial charge >= 0.3 is 0 Å². The minimum Gasteiger partial charge on any atom is -0.338 e. The third-order valence-corrected chi connectivity index (χ3v) is 6.35. The van der Waals surface area contributed by atoms with Crippen LogP contribution in [0.2, 0.25) is 10.0 Å². The number of carbonyl (C=O) groups is 1. The summed E-state index contributed by atoms with van der Waals surface area (Å²) in [6.07, 6.45) is 0. The van der Waals surface area contributed by atoms with Gasteiger partial charge in [0.25, 0.3) is 5.91 Å². The van der Waals surface area contributed by atoms with Crippen LogP contribution in [-0.4, -0.2) is 21.0 Å². The van der Waals surface area contributed by atoms with Gasteiger partial charge in [0.15, 0.2) is 11.0 Å². The molecule has 0 atom stereocenters. The van der Waals surface area contributed by atoms with Crippen molar-refractivity contribution in [2.24, 2.45) is 0 Å². The van der Waals surface area contributed by atoms with Crippen LogP contribution in [0.15, 0.2) is 57.3 Å². The number of rotatable bonds is 6. The van der Waals surface area contributed by atoms with Crippen LogP contribution in [0, 0.1) is 6.92 Å². The number of aryl methyl sites for hydroxylation is 1. The summed E-state index contributed by atoms with van der Waals surface area (Å²) in [6.45, 7) is 1.76. The quantitative estimate of drug-likeness (QED) is 0.326. The highest BCUT2D eigenvalue weighted by Gasteiger charge is 2.16. The van der Waals surface area contributed by atoms with Gasteiger partial charge in [-0.25, -0.2) is 4.98 Å². The minimum atomic E-state index is -0.247. The van der Waals surface area contributed by atoms with Crippen LogP contribution < -0.4 is 5.32 Å². The first-order valence-corrected chi connectivity index (χ1v) is 11.3. The lowest BCUT2D eigenvalue weighted by molar-refractivity contribution is 0.102. The van der Waals surface area contributed by atoms with Gasteiger partial charge in [0.2, 0.25) is 5.89 Å². The zero-order valence-electron chi connectivity index (χ0n) is 15.6. The first-order valence-electron chi connectivity index (χ1n) is 8.73. The molecular weight excluding hydrogens is 463 g/mol. The fourth-order valence-electron chi connectivity index (χ4n) is 2.63. The highest BCUT2D eigenvalue weighted by molar-refractivity contribution is 7.98. The van der Waals surface area contributed by atoms with E-state index in [1.54, 1.807) is 31.2 Å². The molecule has 0 fully saturated rings. The molecule has 2 heterocycles. The summed E-state index contributed by atoms with van der Waals surface area (Å²) >= 11 is 15.0. The zero-order valence-corrected chi connectivity index (χ0v) is 18.7. The predicted molar refractivity (Wildman–Crippen MR) is 121 cm³/mol. The van der Waals surface area contributed by atoms with E-state index in [0.717, 1.165) is 10.5 Å². The third kappa shape index (κ3) is 4.84. The van der Waals surface area contributed by atoms with Gasteiger partial charge in [-0.3, -0.25) is 10.1 Å². The van der Waals surface area contributed by atoms with Gasteiger partial charge in [0, 0.05) is 20.9 Å². The Morgan fingerprint density at radius 2 is 2.03 bits per heavy atom. The summed E-state index contributed by atoms with van der Waals surface area (Å²) in [7, 11) is 0. The summed E-state index contributed by atoms with van der Waals surface area (Å²) in [6, 6.07) is 12.5. The van der Waals surface area contributed by atoms with E-state index in [2.05, 4.69) is 20.4 Å². The van der Waals surface area contributed by atoms with E-state index in [1.807, 2.05) is 23.6 Å². The van der Waals surface area contributed by atoms with Crippen LogP contribution in [0.1, 0.15) is 22.1 Å². The number of benzene rings is 2. The van der Waals surface area contributed by atoms with Gasteiger partial charge in [0.05, 0.1) is 22.0 Å². The molecule has 1 N–H and O–H groups in total. The molecule has 152 valence electrons. The van der Waals surface area contributed by atoms with Crippen molar-refractivity contribution in [2.75, 3.05) is 5.32 Å². The number of thiazole rings is 1. The Bertz CT molecular complexity index is 1210. The van der Waals surface area contributed by atoms with E-state index in [9.17, 15) is 4.79 Å². The Balaban J connectivity index is 1.49. The van der Waals surface area contributed by atoms with Gasteiger partial charge in [-0.2, -0.15) is 4.98 Å². The van der Waals surface area contributed by atoms with E-state index >= 15 is 0 Å². The average molecular weight is 477 g/mol. The second kappa shape index (κ2) is 9.18. The fraction of sp³-hybridized carbons (Fsp3) is 0.100. The molecule has 0 radical (unpaired) electrons. The Kier molecular flexibility index (Phi) is 6.38. The van der Waals surface area contributed by atoms with Crippen LogP contribution in [0.4, 0.5) is 5.13 Å². The maximum Gasteiger partial charge on any atom is 0.258 e. The summed E-state index contributed by atoms with van der Waals surface area (Å²) in [4.78, 5) is 22.3. The smallest absolute Gasteiger partial charge is 0.258 e. The minimum absolute atomic E-state index is 0.247. The number of anilines is 1. The van der Waals surface area contributed by atoms with Gasteiger partial charge in [-0.1, -0.05) is 40.5 Å². The molecule has 4 rings (SSSR count). The molecule has 0 bridgehead atoms. The molecule has 0 spiro atoms. The van der Waals surface area contributed by atoms with Crippen molar-refractivity contribution in [3.8, 4) is 11.3 Å². The molecule has 0 saturated heterocycles. The average Bonchev–Trinajstić information content (AvgIpc) is 3.35. The van der Waals surface area contributed by atoms with Gasteiger partial charge < -0.3 is 4.52 Å². The number of nitrogens with one attached hydrogen (secondary N) is 1. The predicted octanol–water partition coefficient (Wildman–Crippen LogP) is 6.35. The summed E-state index contributed by atoms with van der Waals surface area (Å²) in [5, 5.41) is 10.0. The fourth-order valence-corrected chi connectivity index (χ4v) is 4.73. The number of carbonyl (C=O) groups excluding carboxylic acids is 1. The van der Waals surface area contributed by atoms with E-state index in [-0.39, 0.29) is 5.91 Å². The summed E-state index contributed by atoms with van der Waals surface area (Å²) in [5.41, 5.74) is 1.97. The Morgan fingerprint density at radius 1 is 1.20 bits per heavy atom. The van der Waals surface area contributed by atoms with Crippen molar-refractivity contribution in [1.82, 2.24) is 15.1 Å². The van der Waals surface area contributed by atoms with E-state index in [4.69, 9.17) is 27.7 Å². The first-order chi connectivity index (χ1) is 14.5. The molecule has 10 heteroatoms. The molecular formula is C20H14Cl2N4O2S2. The van der Waals surface area contributed by atoms with Crippen LogP contribution in [-0.2, 0) is 5.75 Å². The van der Waals surface area contributed by atoms with Crippen molar-refractivity contribution >= 4 is 57.3 Å². The third-order valence-electron chi connectivity index (χ3n) is 3.98. The van der Waals surface area contributed by atoms with Crippen molar-refractivity contribution in [1.29, 1.82) is 0 Å². The molecule has 0 saturated carbocycles. The number of halogens is 2. The molecule has 0 aliphatic carbocycles. The van der Waals surface area contributed by atoms with E-state index < -0.39 is 0 Å². The molecule has 1 amide bonds. The molecule has 6 nitrogen and oxygen atoms in total. The maximum atomic E-state index is 12.9. The summed E-state index contributed by atoms with van der Waals surface area (Å²) in [5.74, 6) is 1.32. The zero-order chi connectivity index (χ0) is 21.1. The molecule has 0 aliphatic rings. The number of hydrogen-bond donors (Lipinski definition) is 1. The van der Waals surface area contributed by atoms with E-state index in [1.165, 1.54) is 23.1 Å². The number of nitrogens with zero attached hydrogens (tertiary/aromatic N) is 3. The molecule has 30 heavy (non-hydrogen) atoms. The molecule has 2 aromatic heterocycles. The highest BCUT2D eigenvalue weighted by Crippen LogP contribution is 2.33. The van der Waals surface area contributed by atoms with Crippen molar-refractivity contribution in [3.63, 3.8) is 0 Å². The summed E-state index contributed by atoms with van der Waals surface area (Å²) < 4.78 is 5.13. The lowest BCUT2D eigenvalue weighted by Gasteiger charge is -2.07. The lowest BCUT2D eigenvalue weighted by atomic mass is 10.2. The van der Waals surface area contributed by atoms with Gasteiger partial charge in [-0.05, 0) is 37.3 Å². The number of hydrogen-bond acceptors (Lipinski definition) is 7. The Morgan fingerprint density at radius 3 is 2.80 bits per heavy atom. The second-order valence-electron chi connectivity index (χ2n) is 6.14.